The second-order valence-electron chi connectivity index (χ2n) is 4.89. The molecule has 2 heteroatoms. The normalized spacial score (nSPS) is 24.1. The van der Waals surface area contributed by atoms with E-state index in [1.165, 1.54) is 17.2 Å². The molecule has 1 aromatic carbocycles. The number of carbonyl (C=O) groups is 1. The summed E-state index contributed by atoms with van der Waals surface area (Å²) in [5.74, 6) is -0.239. The van der Waals surface area contributed by atoms with E-state index in [9.17, 15) is 4.79 Å². The van der Waals surface area contributed by atoms with Crippen LogP contribution in [0.1, 0.15) is 37.3 Å². The first-order valence-electron chi connectivity index (χ1n) is 6.87. The Hall–Kier alpha value is -1.83. The Morgan fingerprint density at radius 1 is 1.16 bits per heavy atom. The van der Waals surface area contributed by atoms with Crippen molar-refractivity contribution in [3.63, 3.8) is 0 Å². The Labute approximate surface area is 114 Å². The van der Waals surface area contributed by atoms with Gasteiger partial charge in [0.25, 0.3) is 0 Å². The van der Waals surface area contributed by atoms with Crippen molar-refractivity contribution in [2.24, 2.45) is 0 Å². The van der Waals surface area contributed by atoms with Crippen molar-refractivity contribution in [2.75, 3.05) is 0 Å². The van der Waals surface area contributed by atoms with Crippen LogP contribution < -0.4 is 0 Å². The molecule has 0 N–H and O–H groups in total. The van der Waals surface area contributed by atoms with Gasteiger partial charge in [-0.25, -0.2) is 4.79 Å². The van der Waals surface area contributed by atoms with E-state index < -0.39 is 0 Å². The summed E-state index contributed by atoms with van der Waals surface area (Å²) in [6.07, 6.45) is 11.5. The number of rotatable bonds is 0. The lowest BCUT2D eigenvalue weighted by atomic mass is 10.0. The number of esters is 1. The summed E-state index contributed by atoms with van der Waals surface area (Å²) in [5, 5.41) is 0. The molecule has 0 saturated carbocycles. The highest BCUT2D eigenvalue weighted by Gasteiger charge is 2.06. The van der Waals surface area contributed by atoms with Crippen LogP contribution in [0.25, 0.3) is 6.08 Å². The van der Waals surface area contributed by atoms with E-state index in [4.69, 9.17) is 4.74 Å². The zero-order valence-electron chi connectivity index (χ0n) is 11.3. The molecule has 2 nitrogen and oxygen atoms in total. The number of carbonyl (C=O) groups excluding carboxylic acids is 1. The average molecular weight is 256 g/mol. The minimum atomic E-state index is -0.239. The van der Waals surface area contributed by atoms with Gasteiger partial charge in [-0.05, 0) is 43.7 Å². The van der Waals surface area contributed by atoms with Crippen molar-refractivity contribution in [3.8, 4) is 0 Å². The number of ether oxygens (including phenoxy) is 1. The number of allylic oxidation sites excluding steroid dienone is 2. The first-order valence-corrected chi connectivity index (χ1v) is 6.87. The maximum atomic E-state index is 11.6. The summed E-state index contributed by atoms with van der Waals surface area (Å²) in [6.45, 7) is 1.95. The molecule has 0 bridgehead atoms. The largest absolute Gasteiger partial charge is 0.460 e. The van der Waals surface area contributed by atoms with Crippen molar-refractivity contribution in [3.05, 3.63) is 53.6 Å². The predicted molar refractivity (Wildman–Crippen MR) is 77.7 cm³/mol. The molecular weight excluding hydrogens is 236 g/mol. The van der Waals surface area contributed by atoms with Crippen LogP contribution in [-0.4, -0.2) is 12.1 Å². The molecule has 0 aliphatic carbocycles. The second kappa shape index (κ2) is 6.93. The first kappa shape index (κ1) is 13.6. The Balaban J connectivity index is 2.18. The molecule has 0 amide bonds. The van der Waals surface area contributed by atoms with Crippen LogP contribution >= 0.6 is 0 Å². The topological polar surface area (TPSA) is 26.3 Å². The van der Waals surface area contributed by atoms with Gasteiger partial charge in [0.05, 0.1) is 6.10 Å². The zero-order valence-corrected chi connectivity index (χ0v) is 11.3. The highest BCUT2D eigenvalue weighted by molar-refractivity contribution is 5.82. The Morgan fingerprint density at radius 3 is 2.89 bits per heavy atom. The molecule has 1 heterocycles. The Morgan fingerprint density at radius 2 is 2.00 bits per heavy atom. The number of fused-ring (bicyclic) bond motifs is 1. The van der Waals surface area contributed by atoms with Crippen LogP contribution in [0.5, 0.6) is 0 Å². The van der Waals surface area contributed by atoms with Gasteiger partial charge in [0.2, 0.25) is 0 Å². The molecule has 1 aliphatic heterocycles. The molecule has 1 atom stereocenters. The SMILES string of the molecule is C[C@H]1CCC/C=C/c2ccccc2C/C=C/C(=O)O1. The lowest BCUT2D eigenvalue weighted by Gasteiger charge is -2.10. The van der Waals surface area contributed by atoms with Crippen LogP contribution in [0.4, 0.5) is 0 Å². The van der Waals surface area contributed by atoms with E-state index in [1.807, 2.05) is 25.1 Å². The quantitative estimate of drug-likeness (QED) is 0.658. The van der Waals surface area contributed by atoms with E-state index >= 15 is 0 Å². The number of cyclic esters (lactones) is 1. The molecule has 0 unspecified atom stereocenters. The van der Waals surface area contributed by atoms with E-state index in [1.54, 1.807) is 0 Å². The highest BCUT2D eigenvalue weighted by Crippen LogP contribution is 2.14. The van der Waals surface area contributed by atoms with Gasteiger partial charge in [-0.1, -0.05) is 42.5 Å². The van der Waals surface area contributed by atoms with Crippen LogP contribution in [0, 0.1) is 0 Å². The number of hydrogen-bond donors (Lipinski definition) is 0. The third-order valence-corrected chi connectivity index (χ3v) is 3.24. The van der Waals surface area contributed by atoms with E-state index in [2.05, 4.69) is 24.3 Å². The van der Waals surface area contributed by atoms with E-state index in [0.717, 1.165) is 25.7 Å². The summed E-state index contributed by atoms with van der Waals surface area (Å²) in [5.41, 5.74) is 2.46. The average Bonchev–Trinajstić information content (AvgIpc) is 2.40. The molecular formula is C17H20O2. The molecule has 19 heavy (non-hydrogen) atoms. The van der Waals surface area contributed by atoms with Gasteiger partial charge in [0, 0.05) is 6.08 Å². The fraction of sp³-hybridized carbons (Fsp3) is 0.353. The molecule has 1 aliphatic rings. The Bertz CT molecular complexity index is 486. The summed E-state index contributed by atoms with van der Waals surface area (Å²) in [4.78, 5) is 11.6. The van der Waals surface area contributed by atoms with Gasteiger partial charge >= 0.3 is 5.97 Å². The van der Waals surface area contributed by atoms with E-state index in [-0.39, 0.29) is 12.1 Å². The lowest BCUT2D eigenvalue weighted by Crippen LogP contribution is -2.12. The summed E-state index contributed by atoms with van der Waals surface area (Å²) >= 11 is 0. The molecule has 0 saturated heterocycles. The van der Waals surface area contributed by atoms with Crippen molar-refractivity contribution in [2.45, 2.75) is 38.7 Å². The minimum Gasteiger partial charge on any atom is -0.460 e. The third kappa shape index (κ3) is 4.40. The Kier molecular flexibility index (Phi) is 4.96. The molecule has 0 radical (unpaired) electrons. The summed E-state index contributed by atoms with van der Waals surface area (Å²) in [6, 6.07) is 8.28. The van der Waals surface area contributed by atoms with Crippen molar-refractivity contribution < 1.29 is 9.53 Å². The van der Waals surface area contributed by atoms with Crippen molar-refractivity contribution in [1.29, 1.82) is 0 Å². The third-order valence-electron chi connectivity index (χ3n) is 3.24. The van der Waals surface area contributed by atoms with Gasteiger partial charge in [0.15, 0.2) is 0 Å². The molecule has 0 fully saturated rings. The first-order chi connectivity index (χ1) is 9.25. The van der Waals surface area contributed by atoms with Crippen LogP contribution in [0.2, 0.25) is 0 Å². The minimum absolute atomic E-state index is 0.00585. The maximum Gasteiger partial charge on any atom is 0.330 e. The van der Waals surface area contributed by atoms with Crippen LogP contribution in [0.3, 0.4) is 0 Å². The second-order valence-corrected chi connectivity index (χ2v) is 4.89. The predicted octanol–water partition coefficient (Wildman–Crippen LogP) is 3.91. The fourth-order valence-electron chi connectivity index (χ4n) is 2.19. The number of hydrogen-bond acceptors (Lipinski definition) is 2. The highest BCUT2D eigenvalue weighted by atomic mass is 16.5. The van der Waals surface area contributed by atoms with Gasteiger partial charge in [-0.2, -0.15) is 0 Å². The molecule has 100 valence electrons. The van der Waals surface area contributed by atoms with Crippen molar-refractivity contribution >= 4 is 12.0 Å². The van der Waals surface area contributed by atoms with E-state index in [0.29, 0.717) is 0 Å². The molecule has 0 aromatic heterocycles. The van der Waals surface area contributed by atoms with Crippen LogP contribution in [0.15, 0.2) is 42.5 Å². The van der Waals surface area contributed by atoms with Crippen molar-refractivity contribution in [1.82, 2.24) is 0 Å². The summed E-state index contributed by atoms with van der Waals surface area (Å²) in [7, 11) is 0. The lowest BCUT2D eigenvalue weighted by molar-refractivity contribution is -0.142. The maximum absolute atomic E-state index is 11.6. The monoisotopic (exact) mass is 256 g/mol. The van der Waals surface area contributed by atoms with Crippen LogP contribution in [-0.2, 0) is 16.0 Å². The molecule has 1 aromatic rings. The van der Waals surface area contributed by atoms with Gasteiger partial charge < -0.3 is 4.74 Å². The van der Waals surface area contributed by atoms with Gasteiger partial charge in [-0.3, -0.25) is 0 Å². The standard InChI is InChI=1S/C17H20O2/c1-14-8-3-2-4-9-15-10-5-6-11-16(15)12-7-13-17(18)19-14/h4-7,9-11,13-14H,2-3,8,12H2,1H3/b9-4+,13-7+/t14-/m0/s1. The summed E-state index contributed by atoms with van der Waals surface area (Å²) < 4.78 is 5.30. The van der Waals surface area contributed by atoms with Gasteiger partial charge in [-0.15, -0.1) is 0 Å². The van der Waals surface area contributed by atoms with Gasteiger partial charge in [0.1, 0.15) is 0 Å². The zero-order chi connectivity index (χ0) is 13.5. The number of benzene rings is 1. The smallest absolute Gasteiger partial charge is 0.330 e. The fourth-order valence-corrected chi connectivity index (χ4v) is 2.19. The molecule has 2 rings (SSSR count). The molecule has 0 spiro atoms.